The lowest BCUT2D eigenvalue weighted by Crippen LogP contribution is -2.18. The molecule has 0 radical (unpaired) electrons. The number of hydrogen-bond donors (Lipinski definition) is 3. The molecule has 1 fully saturated rings. The van der Waals surface area contributed by atoms with Crippen LogP contribution in [0.5, 0.6) is 5.75 Å². The summed E-state index contributed by atoms with van der Waals surface area (Å²) in [4.78, 5) is 20.9. The lowest BCUT2D eigenvalue weighted by atomic mass is 9.86. The average Bonchev–Trinajstić information content (AvgIpc) is 3.38. The van der Waals surface area contributed by atoms with Gasteiger partial charge in [0.1, 0.15) is 5.75 Å². The fourth-order valence-corrected chi connectivity index (χ4v) is 4.19. The maximum Gasteiger partial charge on any atom is 0.252 e. The zero-order chi connectivity index (χ0) is 18.6. The summed E-state index contributed by atoms with van der Waals surface area (Å²) >= 11 is 1.67. The van der Waals surface area contributed by atoms with E-state index in [1.807, 2.05) is 23.6 Å². The van der Waals surface area contributed by atoms with E-state index in [2.05, 4.69) is 33.8 Å². The minimum Gasteiger partial charge on any atom is -0.497 e. The quantitative estimate of drug-likeness (QED) is 0.611. The number of anilines is 1. The van der Waals surface area contributed by atoms with Crippen LogP contribution in [0, 0.1) is 0 Å². The number of rotatable bonds is 6. The molecule has 1 aliphatic rings. The highest BCUT2D eigenvalue weighted by Gasteiger charge is 2.31. The number of thiophene rings is 1. The van der Waals surface area contributed by atoms with Crippen LogP contribution in [-0.2, 0) is 6.54 Å². The minimum atomic E-state index is -0.134. The van der Waals surface area contributed by atoms with Crippen molar-refractivity contribution in [3.8, 4) is 5.75 Å². The fourth-order valence-electron chi connectivity index (χ4n) is 3.55. The number of benzene rings is 1. The van der Waals surface area contributed by atoms with E-state index >= 15 is 0 Å². The first-order chi connectivity index (χ1) is 13.2. The van der Waals surface area contributed by atoms with E-state index in [9.17, 15) is 4.79 Å². The van der Waals surface area contributed by atoms with Gasteiger partial charge in [-0.25, -0.2) is 4.98 Å². The van der Waals surface area contributed by atoms with Crippen LogP contribution >= 0.6 is 11.3 Å². The molecule has 3 heterocycles. The van der Waals surface area contributed by atoms with Crippen LogP contribution < -0.4 is 20.9 Å². The molecule has 4 rings (SSSR count). The number of H-pyrrole nitrogens is 1. The molecule has 7 heteroatoms. The maximum absolute atomic E-state index is 12.2. The zero-order valence-electron chi connectivity index (χ0n) is 15.1. The summed E-state index contributed by atoms with van der Waals surface area (Å²) in [5.41, 5.74) is 1.87. The summed E-state index contributed by atoms with van der Waals surface area (Å²) < 4.78 is 5.36. The van der Waals surface area contributed by atoms with Crippen molar-refractivity contribution < 1.29 is 4.74 Å². The fraction of sp³-hybridized carbons (Fsp3) is 0.300. The average molecular weight is 382 g/mol. The van der Waals surface area contributed by atoms with Crippen molar-refractivity contribution >= 4 is 17.3 Å². The Bertz CT molecular complexity index is 955. The second-order valence-electron chi connectivity index (χ2n) is 6.60. The van der Waals surface area contributed by atoms with Crippen LogP contribution in [0.3, 0.4) is 0 Å². The molecule has 0 bridgehead atoms. The lowest BCUT2D eigenvalue weighted by Gasteiger charge is -2.19. The summed E-state index contributed by atoms with van der Waals surface area (Å²) in [7, 11) is 1.67. The third-order valence-electron chi connectivity index (χ3n) is 4.89. The number of methoxy groups -OCH3 is 1. The van der Waals surface area contributed by atoms with Gasteiger partial charge in [0, 0.05) is 35.9 Å². The van der Waals surface area contributed by atoms with Crippen molar-refractivity contribution in [2.45, 2.75) is 18.4 Å². The summed E-state index contributed by atoms with van der Waals surface area (Å²) in [6.45, 7) is 2.29. The van der Waals surface area contributed by atoms with Crippen LogP contribution in [0.2, 0.25) is 0 Å². The van der Waals surface area contributed by atoms with Gasteiger partial charge in [-0.15, -0.1) is 11.3 Å². The molecule has 0 unspecified atom stereocenters. The van der Waals surface area contributed by atoms with Crippen molar-refractivity contribution in [1.29, 1.82) is 0 Å². The molecule has 1 saturated heterocycles. The van der Waals surface area contributed by atoms with Gasteiger partial charge in [-0.05, 0) is 29.1 Å². The number of aromatic amines is 1. The number of aromatic nitrogens is 2. The van der Waals surface area contributed by atoms with Gasteiger partial charge >= 0.3 is 0 Å². The van der Waals surface area contributed by atoms with E-state index < -0.39 is 0 Å². The Morgan fingerprint density at radius 3 is 2.93 bits per heavy atom. The van der Waals surface area contributed by atoms with E-state index in [0.717, 1.165) is 24.5 Å². The topological polar surface area (TPSA) is 79.0 Å². The third-order valence-corrected chi connectivity index (χ3v) is 5.76. The molecule has 1 aromatic carbocycles. The molecule has 0 saturated carbocycles. The number of hydrogen-bond acceptors (Lipinski definition) is 6. The van der Waals surface area contributed by atoms with Gasteiger partial charge in [-0.2, -0.15) is 0 Å². The van der Waals surface area contributed by atoms with Crippen LogP contribution in [0.25, 0.3) is 0 Å². The van der Waals surface area contributed by atoms with Gasteiger partial charge in [0.15, 0.2) is 0 Å². The molecule has 3 aromatic rings. The van der Waals surface area contributed by atoms with E-state index in [4.69, 9.17) is 9.72 Å². The monoisotopic (exact) mass is 382 g/mol. The number of nitrogens with zero attached hydrogens (tertiary/aromatic N) is 1. The molecule has 0 spiro atoms. The largest absolute Gasteiger partial charge is 0.497 e. The molecule has 2 aromatic heterocycles. The van der Waals surface area contributed by atoms with Crippen molar-refractivity contribution in [1.82, 2.24) is 15.3 Å². The van der Waals surface area contributed by atoms with Crippen LogP contribution in [-0.4, -0.2) is 30.2 Å². The van der Waals surface area contributed by atoms with Gasteiger partial charge in [0.25, 0.3) is 5.56 Å². The molecule has 27 heavy (non-hydrogen) atoms. The summed E-state index contributed by atoms with van der Waals surface area (Å²) in [5.74, 6) is 1.75. The van der Waals surface area contributed by atoms with Gasteiger partial charge in [-0.3, -0.25) is 9.78 Å². The van der Waals surface area contributed by atoms with Gasteiger partial charge in [0.05, 0.1) is 19.3 Å². The van der Waals surface area contributed by atoms with E-state index in [1.165, 1.54) is 10.4 Å². The summed E-state index contributed by atoms with van der Waals surface area (Å²) in [5, 5.41) is 8.70. The molecule has 6 nitrogen and oxygen atoms in total. The van der Waals surface area contributed by atoms with Crippen molar-refractivity contribution in [3.05, 3.63) is 74.3 Å². The molecular formula is C20H22N4O2S. The Balaban J connectivity index is 1.58. The van der Waals surface area contributed by atoms with E-state index in [-0.39, 0.29) is 17.4 Å². The number of ether oxygens (including phenoxy) is 1. The van der Waals surface area contributed by atoms with Gasteiger partial charge in [0.2, 0.25) is 5.95 Å². The first kappa shape index (κ1) is 17.8. The lowest BCUT2D eigenvalue weighted by molar-refractivity contribution is 0.413. The highest BCUT2D eigenvalue weighted by molar-refractivity contribution is 7.09. The van der Waals surface area contributed by atoms with Gasteiger partial charge < -0.3 is 15.4 Å². The van der Waals surface area contributed by atoms with Crippen molar-refractivity contribution in [2.24, 2.45) is 0 Å². The first-order valence-corrected chi connectivity index (χ1v) is 9.83. The van der Waals surface area contributed by atoms with Crippen LogP contribution in [0.15, 0.2) is 52.6 Å². The Morgan fingerprint density at radius 1 is 1.22 bits per heavy atom. The third kappa shape index (κ3) is 4.04. The highest BCUT2D eigenvalue weighted by atomic mass is 32.1. The Labute approximate surface area is 161 Å². The van der Waals surface area contributed by atoms with Gasteiger partial charge in [-0.1, -0.05) is 18.2 Å². The minimum absolute atomic E-state index is 0.134. The Hall–Kier alpha value is -2.64. The zero-order valence-corrected chi connectivity index (χ0v) is 15.9. The number of nitrogens with one attached hydrogen (secondary N) is 3. The molecular weight excluding hydrogens is 360 g/mol. The van der Waals surface area contributed by atoms with Crippen LogP contribution in [0.4, 0.5) is 5.95 Å². The maximum atomic E-state index is 12.2. The predicted molar refractivity (Wildman–Crippen MR) is 108 cm³/mol. The smallest absolute Gasteiger partial charge is 0.252 e. The summed E-state index contributed by atoms with van der Waals surface area (Å²) in [6, 6.07) is 13.8. The molecule has 3 N–H and O–H groups in total. The standard InChI is InChI=1S/C20H22N4O2S/c1-26-14-5-2-4-13(8-14)16-11-21-12-17(16)18-9-19(25)24-20(23-18)22-10-15-6-3-7-27-15/h2-9,16-17,21H,10-12H2,1H3,(H2,22,23,24,25)/t16-,17+/m0/s1. The predicted octanol–water partition coefficient (Wildman–Crippen LogP) is 2.92. The second kappa shape index (κ2) is 7.94. The summed E-state index contributed by atoms with van der Waals surface area (Å²) in [6.07, 6.45) is 0. The second-order valence-corrected chi connectivity index (χ2v) is 7.63. The van der Waals surface area contributed by atoms with Crippen LogP contribution in [0.1, 0.15) is 28.0 Å². The molecule has 0 amide bonds. The normalized spacial score (nSPS) is 19.1. The molecule has 2 atom stereocenters. The van der Waals surface area contributed by atoms with E-state index in [1.54, 1.807) is 24.5 Å². The van der Waals surface area contributed by atoms with Crippen molar-refractivity contribution in [3.63, 3.8) is 0 Å². The Morgan fingerprint density at radius 2 is 2.11 bits per heavy atom. The first-order valence-electron chi connectivity index (χ1n) is 8.95. The highest BCUT2D eigenvalue weighted by Crippen LogP contribution is 2.36. The van der Waals surface area contributed by atoms with E-state index in [0.29, 0.717) is 12.5 Å². The molecule has 140 valence electrons. The molecule has 1 aliphatic heterocycles. The molecule has 0 aliphatic carbocycles. The Kier molecular flexibility index (Phi) is 5.22. The SMILES string of the molecule is COc1cccc([C@@H]2CNC[C@H]2c2cc(=O)[nH]c(NCc3cccs3)n2)c1. The van der Waals surface area contributed by atoms with Crippen molar-refractivity contribution in [2.75, 3.05) is 25.5 Å².